The van der Waals surface area contributed by atoms with Gasteiger partial charge in [0, 0.05) is 19.5 Å². The second-order valence-electron chi connectivity index (χ2n) is 4.12. The van der Waals surface area contributed by atoms with Crippen LogP contribution in [0.2, 0.25) is 0 Å². The molecule has 1 rings (SSSR count). The van der Waals surface area contributed by atoms with E-state index in [0.29, 0.717) is 25.9 Å². The highest BCUT2D eigenvalue weighted by molar-refractivity contribution is 5.78. The van der Waals surface area contributed by atoms with Gasteiger partial charge in [-0.3, -0.25) is 9.59 Å². The van der Waals surface area contributed by atoms with Gasteiger partial charge in [-0.2, -0.15) is 0 Å². The van der Waals surface area contributed by atoms with E-state index in [4.69, 9.17) is 5.11 Å². The Morgan fingerprint density at radius 1 is 1.40 bits per heavy atom. The van der Waals surface area contributed by atoms with Crippen molar-refractivity contribution in [3.05, 3.63) is 0 Å². The molecule has 15 heavy (non-hydrogen) atoms. The molecule has 1 aliphatic heterocycles. The van der Waals surface area contributed by atoms with Crippen LogP contribution in [0.5, 0.6) is 0 Å². The van der Waals surface area contributed by atoms with Crippen LogP contribution in [-0.4, -0.2) is 35.0 Å². The SMILES string of the molecule is CCCCCC(=O)N1CCC(C(=O)O)C1. The highest BCUT2D eigenvalue weighted by Crippen LogP contribution is 2.17. The Balaban J connectivity index is 2.27. The topological polar surface area (TPSA) is 57.6 Å². The van der Waals surface area contributed by atoms with Crippen LogP contribution in [0.15, 0.2) is 0 Å². The average molecular weight is 213 g/mol. The number of likely N-dealkylation sites (tertiary alicyclic amines) is 1. The van der Waals surface area contributed by atoms with Crippen LogP contribution in [0, 0.1) is 5.92 Å². The number of carbonyl (C=O) groups is 2. The zero-order chi connectivity index (χ0) is 11.3. The maximum absolute atomic E-state index is 11.6. The number of carboxylic acid groups (broad SMARTS) is 1. The Morgan fingerprint density at radius 2 is 2.13 bits per heavy atom. The second kappa shape index (κ2) is 5.73. The lowest BCUT2D eigenvalue weighted by molar-refractivity contribution is -0.141. The highest BCUT2D eigenvalue weighted by Gasteiger charge is 2.30. The van der Waals surface area contributed by atoms with E-state index in [-0.39, 0.29) is 11.8 Å². The lowest BCUT2D eigenvalue weighted by Gasteiger charge is -2.15. The molecule has 1 unspecified atom stereocenters. The number of carboxylic acids is 1. The molecule has 1 N–H and O–H groups in total. The summed E-state index contributed by atoms with van der Waals surface area (Å²) in [5.41, 5.74) is 0. The molecule has 1 aliphatic rings. The molecule has 4 heteroatoms. The van der Waals surface area contributed by atoms with E-state index >= 15 is 0 Å². The van der Waals surface area contributed by atoms with Gasteiger partial charge in [-0.25, -0.2) is 0 Å². The van der Waals surface area contributed by atoms with E-state index in [1.54, 1.807) is 4.90 Å². The predicted octanol–water partition coefficient (Wildman–Crippen LogP) is 1.50. The molecule has 1 amide bonds. The van der Waals surface area contributed by atoms with Crippen molar-refractivity contribution >= 4 is 11.9 Å². The number of aliphatic carboxylic acids is 1. The minimum Gasteiger partial charge on any atom is -0.481 e. The summed E-state index contributed by atoms with van der Waals surface area (Å²) >= 11 is 0. The summed E-state index contributed by atoms with van der Waals surface area (Å²) in [7, 11) is 0. The summed E-state index contributed by atoms with van der Waals surface area (Å²) in [4.78, 5) is 24.0. The van der Waals surface area contributed by atoms with Gasteiger partial charge in [0.25, 0.3) is 0 Å². The molecule has 0 aromatic rings. The third-order valence-corrected chi connectivity index (χ3v) is 2.88. The summed E-state index contributed by atoms with van der Waals surface area (Å²) in [6.45, 7) is 3.11. The maximum atomic E-state index is 11.6. The average Bonchev–Trinajstić information content (AvgIpc) is 2.66. The molecule has 86 valence electrons. The molecular formula is C11H19NO3. The standard InChI is InChI=1S/C11H19NO3/c1-2-3-4-5-10(13)12-7-6-9(8-12)11(14)15/h9H,2-8H2,1H3,(H,14,15). The first kappa shape index (κ1) is 12.0. The fourth-order valence-electron chi connectivity index (χ4n) is 1.87. The van der Waals surface area contributed by atoms with Crippen molar-refractivity contribution in [2.75, 3.05) is 13.1 Å². The van der Waals surface area contributed by atoms with E-state index in [0.717, 1.165) is 19.3 Å². The van der Waals surface area contributed by atoms with Gasteiger partial charge in [-0.1, -0.05) is 19.8 Å². The second-order valence-corrected chi connectivity index (χ2v) is 4.12. The molecule has 1 heterocycles. The molecule has 1 saturated heterocycles. The van der Waals surface area contributed by atoms with Gasteiger partial charge >= 0.3 is 5.97 Å². The normalized spacial score (nSPS) is 20.6. The molecule has 4 nitrogen and oxygen atoms in total. The van der Waals surface area contributed by atoms with E-state index in [1.165, 1.54) is 0 Å². The lowest BCUT2D eigenvalue weighted by atomic mass is 10.1. The number of amides is 1. The largest absolute Gasteiger partial charge is 0.481 e. The van der Waals surface area contributed by atoms with E-state index in [9.17, 15) is 9.59 Å². The van der Waals surface area contributed by atoms with Crippen molar-refractivity contribution in [3.63, 3.8) is 0 Å². The maximum Gasteiger partial charge on any atom is 0.308 e. The summed E-state index contributed by atoms with van der Waals surface area (Å²) < 4.78 is 0. The molecular weight excluding hydrogens is 194 g/mol. The number of unbranched alkanes of at least 4 members (excludes halogenated alkanes) is 2. The molecule has 0 bridgehead atoms. The number of hydrogen-bond donors (Lipinski definition) is 1. The number of hydrogen-bond acceptors (Lipinski definition) is 2. The van der Waals surface area contributed by atoms with Crippen molar-refractivity contribution in [3.8, 4) is 0 Å². The van der Waals surface area contributed by atoms with Crippen LogP contribution < -0.4 is 0 Å². The minimum atomic E-state index is -0.779. The van der Waals surface area contributed by atoms with Crippen molar-refractivity contribution in [2.45, 2.75) is 39.0 Å². The number of nitrogens with zero attached hydrogens (tertiary/aromatic N) is 1. The van der Waals surface area contributed by atoms with Crippen molar-refractivity contribution in [2.24, 2.45) is 5.92 Å². The van der Waals surface area contributed by atoms with E-state index in [1.807, 2.05) is 0 Å². The van der Waals surface area contributed by atoms with Gasteiger partial charge < -0.3 is 10.0 Å². The summed E-state index contributed by atoms with van der Waals surface area (Å²) in [6, 6.07) is 0. The first-order chi connectivity index (χ1) is 7.15. The van der Waals surface area contributed by atoms with Crippen molar-refractivity contribution < 1.29 is 14.7 Å². The van der Waals surface area contributed by atoms with Gasteiger partial charge in [0.15, 0.2) is 0 Å². The smallest absolute Gasteiger partial charge is 0.308 e. The Hall–Kier alpha value is -1.06. The van der Waals surface area contributed by atoms with Gasteiger partial charge in [-0.15, -0.1) is 0 Å². The number of rotatable bonds is 5. The van der Waals surface area contributed by atoms with Crippen molar-refractivity contribution in [1.82, 2.24) is 4.90 Å². The molecule has 0 radical (unpaired) electrons. The Labute approximate surface area is 90.3 Å². The fraction of sp³-hybridized carbons (Fsp3) is 0.818. The summed E-state index contributed by atoms with van der Waals surface area (Å²) in [6.07, 6.45) is 4.27. The van der Waals surface area contributed by atoms with E-state index in [2.05, 4.69) is 6.92 Å². The van der Waals surface area contributed by atoms with Crippen LogP contribution in [0.4, 0.5) is 0 Å². The molecule has 0 saturated carbocycles. The third-order valence-electron chi connectivity index (χ3n) is 2.88. The molecule has 1 atom stereocenters. The highest BCUT2D eigenvalue weighted by atomic mass is 16.4. The van der Waals surface area contributed by atoms with Crippen LogP contribution in [-0.2, 0) is 9.59 Å². The minimum absolute atomic E-state index is 0.118. The number of carbonyl (C=O) groups excluding carboxylic acids is 1. The first-order valence-corrected chi connectivity index (χ1v) is 5.65. The summed E-state index contributed by atoms with van der Waals surface area (Å²) in [5.74, 6) is -1.01. The van der Waals surface area contributed by atoms with Gasteiger partial charge in [0.2, 0.25) is 5.91 Å². The Bertz CT molecular complexity index is 240. The van der Waals surface area contributed by atoms with Crippen LogP contribution in [0.3, 0.4) is 0 Å². The van der Waals surface area contributed by atoms with Gasteiger partial charge in [-0.05, 0) is 12.8 Å². The van der Waals surface area contributed by atoms with Gasteiger partial charge in [0.05, 0.1) is 5.92 Å². The summed E-state index contributed by atoms with van der Waals surface area (Å²) in [5, 5.41) is 8.79. The Morgan fingerprint density at radius 3 is 2.67 bits per heavy atom. The van der Waals surface area contributed by atoms with Crippen LogP contribution >= 0.6 is 0 Å². The molecule has 0 aliphatic carbocycles. The monoisotopic (exact) mass is 213 g/mol. The van der Waals surface area contributed by atoms with Gasteiger partial charge in [0.1, 0.15) is 0 Å². The lowest BCUT2D eigenvalue weighted by Crippen LogP contribution is -2.29. The predicted molar refractivity (Wildman–Crippen MR) is 56.5 cm³/mol. The zero-order valence-corrected chi connectivity index (χ0v) is 9.24. The molecule has 1 fully saturated rings. The molecule has 0 spiro atoms. The first-order valence-electron chi connectivity index (χ1n) is 5.65. The van der Waals surface area contributed by atoms with Crippen LogP contribution in [0.25, 0.3) is 0 Å². The van der Waals surface area contributed by atoms with E-state index < -0.39 is 5.97 Å². The molecule has 0 aromatic carbocycles. The zero-order valence-electron chi connectivity index (χ0n) is 9.24. The van der Waals surface area contributed by atoms with Crippen LogP contribution in [0.1, 0.15) is 39.0 Å². The van der Waals surface area contributed by atoms with Crippen molar-refractivity contribution in [1.29, 1.82) is 0 Å². The fourth-order valence-corrected chi connectivity index (χ4v) is 1.87. The molecule has 0 aromatic heterocycles. The quantitative estimate of drug-likeness (QED) is 0.704. The third kappa shape index (κ3) is 3.53. The Kier molecular flexibility index (Phi) is 4.59.